The van der Waals surface area contributed by atoms with E-state index in [0.29, 0.717) is 30.0 Å². The van der Waals surface area contributed by atoms with Crippen LogP contribution in [0.4, 0.5) is 4.79 Å². The molecule has 0 saturated carbocycles. The summed E-state index contributed by atoms with van der Waals surface area (Å²) in [6.45, 7) is 2.36. The number of rotatable bonds is 3. The number of hydrogen-bond acceptors (Lipinski definition) is 5. The number of fused-ring (bicyclic) bond motifs is 3. The Hall–Kier alpha value is -2.83. The Kier molecular flexibility index (Phi) is 3.71. The van der Waals surface area contributed by atoms with Crippen LogP contribution in [0.25, 0.3) is 11.0 Å². The third-order valence-electron chi connectivity index (χ3n) is 4.85. The lowest BCUT2D eigenvalue weighted by Crippen LogP contribution is -2.37. The fraction of sp³-hybridized carbons (Fsp3) is 0.389. The minimum Gasteiger partial charge on any atom is -0.483 e. The van der Waals surface area contributed by atoms with Gasteiger partial charge in [0.1, 0.15) is 11.3 Å². The fourth-order valence-electron chi connectivity index (χ4n) is 3.55. The molecule has 1 fully saturated rings. The molecule has 4 rings (SSSR count). The van der Waals surface area contributed by atoms with Gasteiger partial charge in [0.25, 0.3) is 5.91 Å². The van der Waals surface area contributed by atoms with Gasteiger partial charge in [-0.05, 0) is 43.9 Å². The van der Waals surface area contributed by atoms with E-state index >= 15 is 0 Å². The van der Waals surface area contributed by atoms with E-state index in [-0.39, 0.29) is 12.2 Å². The van der Waals surface area contributed by atoms with E-state index in [1.165, 1.54) is 0 Å². The van der Waals surface area contributed by atoms with Crippen LogP contribution in [0.3, 0.4) is 0 Å². The number of carbonyl (C=O) groups excluding carboxylic acids is 2. The quantitative estimate of drug-likeness (QED) is 0.855. The van der Waals surface area contributed by atoms with Gasteiger partial charge in [0, 0.05) is 29.6 Å². The van der Waals surface area contributed by atoms with Gasteiger partial charge >= 0.3 is 11.7 Å². The molecule has 1 saturated heterocycles. The molecule has 7 heteroatoms. The van der Waals surface area contributed by atoms with E-state index in [4.69, 9.17) is 9.15 Å². The zero-order chi connectivity index (χ0) is 17.6. The maximum atomic E-state index is 12.2. The fourth-order valence-corrected chi connectivity index (χ4v) is 3.55. The van der Waals surface area contributed by atoms with Crippen molar-refractivity contribution in [2.24, 2.45) is 0 Å². The molecule has 1 aromatic heterocycles. The molecule has 0 radical (unpaired) electrons. The third-order valence-corrected chi connectivity index (χ3v) is 4.85. The van der Waals surface area contributed by atoms with Gasteiger partial charge in [0.2, 0.25) is 0 Å². The van der Waals surface area contributed by atoms with Crippen molar-refractivity contribution in [2.45, 2.75) is 26.2 Å². The molecule has 25 heavy (non-hydrogen) atoms. The zero-order valence-electron chi connectivity index (χ0n) is 13.9. The standard InChI is InChI=1S/C18H18N2O5/c1-10-14(24-9-15(21)20-8-7-19-18(20)23)6-5-12-11-3-2-4-13(11)17(22)25-16(10)12/h5-6H,2-4,7-9H2,1H3,(H,19,23). The number of aryl methyl sites for hydroxylation is 2. The topological polar surface area (TPSA) is 88.9 Å². The lowest BCUT2D eigenvalue weighted by Gasteiger charge is -2.15. The van der Waals surface area contributed by atoms with Gasteiger partial charge in [-0.25, -0.2) is 9.59 Å². The van der Waals surface area contributed by atoms with E-state index in [0.717, 1.165) is 40.7 Å². The molecule has 2 aliphatic rings. The van der Waals surface area contributed by atoms with Gasteiger partial charge in [-0.3, -0.25) is 9.69 Å². The van der Waals surface area contributed by atoms with Gasteiger partial charge < -0.3 is 14.5 Å². The number of carbonyl (C=O) groups is 2. The van der Waals surface area contributed by atoms with E-state index in [1.54, 1.807) is 13.0 Å². The Morgan fingerprint density at radius 1 is 1.28 bits per heavy atom. The molecule has 0 bridgehead atoms. The van der Waals surface area contributed by atoms with Crippen molar-refractivity contribution in [3.63, 3.8) is 0 Å². The molecule has 130 valence electrons. The van der Waals surface area contributed by atoms with E-state index in [1.807, 2.05) is 6.07 Å². The van der Waals surface area contributed by atoms with Gasteiger partial charge in [-0.15, -0.1) is 0 Å². The molecule has 3 amide bonds. The van der Waals surface area contributed by atoms with Crippen LogP contribution in [-0.4, -0.2) is 36.5 Å². The first kappa shape index (κ1) is 15.7. The molecule has 1 aliphatic heterocycles. The largest absolute Gasteiger partial charge is 0.483 e. The number of ether oxygens (including phenoxy) is 1. The predicted octanol–water partition coefficient (Wildman–Crippen LogP) is 1.52. The first-order valence-electron chi connectivity index (χ1n) is 8.35. The molecule has 0 spiro atoms. The van der Waals surface area contributed by atoms with E-state index in [2.05, 4.69) is 5.32 Å². The van der Waals surface area contributed by atoms with Gasteiger partial charge in [-0.2, -0.15) is 0 Å². The Morgan fingerprint density at radius 2 is 2.08 bits per heavy atom. The van der Waals surface area contributed by atoms with Gasteiger partial charge in [-0.1, -0.05) is 0 Å². The highest BCUT2D eigenvalue weighted by Gasteiger charge is 2.27. The minimum atomic E-state index is -0.398. The monoisotopic (exact) mass is 342 g/mol. The second-order valence-electron chi connectivity index (χ2n) is 6.33. The minimum absolute atomic E-state index is 0.241. The van der Waals surface area contributed by atoms with Crippen molar-refractivity contribution in [2.75, 3.05) is 19.7 Å². The zero-order valence-corrected chi connectivity index (χ0v) is 13.9. The first-order chi connectivity index (χ1) is 12.1. The van der Waals surface area contributed by atoms with Gasteiger partial charge in [0.05, 0.1) is 0 Å². The summed E-state index contributed by atoms with van der Waals surface area (Å²) in [6, 6.07) is 3.26. The molecular formula is C18H18N2O5. The summed E-state index contributed by atoms with van der Waals surface area (Å²) in [7, 11) is 0. The maximum absolute atomic E-state index is 12.2. The van der Waals surface area contributed by atoms with Crippen molar-refractivity contribution < 1.29 is 18.7 Å². The molecule has 0 unspecified atom stereocenters. The van der Waals surface area contributed by atoms with Crippen LogP contribution in [0.15, 0.2) is 21.3 Å². The number of hydrogen-bond donors (Lipinski definition) is 1. The van der Waals surface area contributed by atoms with Crippen LogP contribution in [0.1, 0.15) is 23.1 Å². The van der Waals surface area contributed by atoms with Crippen LogP contribution in [0.2, 0.25) is 0 Å². The highest BCUT2D eigenvalue weighted by atomic mass is 16.5. The summed E-state index contributed by atoms with van der Waals surface area (Å²) in [4.78, 5) is 36.9. The molecule has 1 aromatic carbocycles. The number of amides is 3. The van der Waals surface area contributed by atoms with Gasteiger partial charge in [0.15, 0.2) is 6.61 Å². The summed E-state index contributed by atoms with van der Waals surface area (Å²) in [5.41, 5.74) is 2.74. The first-order valence-corrected chi connectivity index (χ1v) is 8.35. The molecule has 2 aromatic rings. The Bertz CT molecular complexity index is 947. The predicted molar refractivity (Wildman–Crippen MR) is 89.9 cm³/mol. The smallest absolute Gasteiger partial charge is 0.339 e. The highest BCUT2D eigenvalue weighted by Crippen LogP contribution is 2.32. The lowest BCUT2D eigenvalue weighted by atomic mass is 10.0. The van der Waals surface area contributed by atoms with Crippen LogP contribution in [0.5, 0.6) is 5.75 Å². The number of benzene rings is 1. The molecular weight excluding hydrogens is 324 g/mol. The number of urea groups is 1. The average Bonchev–Trinajstić information content (AvgIpc) is 3.24. The van der Waals surface area contributed by atoms with Crippen LogP contribution in [0, 0.1) is 6.92 Å². The molecule has 0 atom stereocenters. The molecule has 1 aliphatic carbocycles. The number of nitrogens with zero attached hydrogens (tertiary/aromatic N) is 1. The average molecular weight is 342 g/mol. The SMILES string of the molecule is Cc1c(OCC(=O)N2CCNC2=O)ccc2c3c(c(=O)oc12)CCC3. The Balaban J connectivity index is 1.62. The van der Waals surface area contributed by atoms with Crippen molar-refractivity contribution in [1.82, 2.24) is 10.2 Å². The maximum Gasteiger partial charge on any atom is 0.339 e. The van der Waals surface area contributed by atoms with Crippen molar-refractivity contribution in [3.8, 4) is 5.75 Å². The molecule has 7 nitrogen and oxygen atoms in total. The van der Waals surface area contributed by atoms with Crippen molar-refractivity contribution in [3.05, 3.63) is 39.2 Å². The van der Waals surface area contributed by atoms with E-state index in [9.17, 15) is 14.4 Å². The highest BCUT2D eigenvalue weighted by molar-refractivity contribution is 5.96. The summed E-state index contributed by atoms with van der Waals surface area (Å²) in [5.74, 6) is 0.0754. The molecule has 2 heterocycles. The normalized spacial score (nSPS) is 16.2. The number of imide groups is 1. The lowest BCUT2D eigenvalue weighted by molar-refractivity contribution is -0.129. The van der Waals surface area contributed by atoms with Crippen LogP contribution >= 0.6 is 0 Å². The van der Waals surface area contributed by atoms with Crippen LogP contribution in [-0.2, 0) is 17.6 Å². The summed E-state index contributed by atoms with van der Waals surface area (Å²) < 4.78 is 11.1. The number of nitrogens with one attached hydrogen (secondary N) is 1. The summed E-state index contributed by atoms with van der Waals surface area (Å²) in [6.07, 6.45) is 2.60. The molecule has 1 N–H and O–H groups in total. The second-order valence-corrected chi connectivity index (χ2v) is 6.33. The van der Waals surface area contributed by atoms with Crippen LogP contribution < -0.4 is 15.7 Å². The van der Waals surface area contributed by atoms with E-state index < -0.39 is 11.9 Å². The Morgan fingerprint density at radius 3 is 2.84 bits per heavy atom. The summed E-state index contributed by atoms with van der Waals surface area (Å²) >= 11 is 0. The van der Waals surface area contributed by atoms with Crippen molar-refractivity contribution in [1.29, 1.82) is 0 Å². The Labute approximate surface area is 143 Å². The third kappa shape index (κ3) is 2.56. The second kappa shape index (κ2) is 5.91. The van der Waals surface area contributed by atoms with Crippen molar-refractivity contribution >= 4 is 22.9 Å². The summed E-state index contributed by atoms with van der Waals surface area (Å²) in [5, 5.41) is 3.51.